The number of esters is 1. The van der Waals surface area contributed by atoms with Crippen molar-refractivity contribution in [2.24, 2.45) is 0 Å². The highest BCUT2D eigenvalue weighted by Crippen LogP contribution is 2.29. The lowest BCUT2D eigenvalue weighted by Crippen LogP contribution is -2.45. The van der Waals surface area contributed by atoms with Crippen LogP contribution in [0, 0.1) is 0 Å². The van der Waals surface area contributed by atoms with Gasteiger partial charge in [-0.2, -0.15) is 0 Å². The van der Waals surface area contributed by atoms with Crippen molar-refractivity contribution in [3.8, 4) is 5.75 Å². The number of fused-ring (bicyclic) bond motifs is 2. The first-order valence-electron chi connectivity index (χ1n) is 11.2. The number of amides is 1. The summed E-state index contributed by atoms with van der Waals surface area (Å²) in [6.45, 7) is 6.76. The quantitative estimate of drug-likeness (QED) is 0.427. The zero-order valence-corrected chi connectivity index (χ0v) is 18.7. The fourth-order valence-corrected chi connectivity index (χ4v) is 4.23. The van der Waals surface area contributed by atoms with Gasteiger partial charge in [0, 0.05) is 43.5 Å². The third-order valence-electron chi connectivity index (χ3n) is 5.97. The zero-order chi connectivity index (χ0) is 22.5. The molecule has 1 saturated heterocycles. The first-order valence-corrected chi connectivity index (χ1v) is 11.2. The molecular formula is C25H30N2O5. The van der Waals surface area contributed by atoms with Gasteiger partial charge in [-0.3, -0.25) is 9.59 Å². The molecule has 1 aliphatic heterocycles. The van der Waals surface area contributed by atoms with Crippen LogP contribution in [0.1, 0.15) is 32.3 Å². The van der Waals surface area contributed by atoms with Crippen LogP contribution in [-0.4, -0.2) is 55.7 Å². The first kappa shape index (κ1) is 22.1. The van der Waals surface area contributed by atoms with Crippen LogP contribution in [0.3, 0.4) is 0 Å². The fraction of sp³-hybridized carbons (Fsp3) is 0.440. The van der Waals surface area contributed by atoms with Gasteiger partial charge in [-0.25, -0.2) is 0 Å². The Labute approximate surface area is 187 Å². The van der Waals surface area contributed by atoms with E-state index in [1.165, 1.54) is 0 Å². The molecule has 1 amide bonds. The molecule has 2 heterocycles. The topological polar surface area (TPSA) is 81.0 Å². The molecule has 32 heavy (non-hydrogen) atoms. The highest BCUT2D eigenvalue weighted by Gasteiger charge is 2.20. The molecule has 0 saturated carbocycles. The lowest BCUT2D eigenvalue weighted by atomic mass is 10.0. The molecule has 1 aliphatic rings. The lowest BCUT2D eigenvalue weighted by Gasteiger charge is -2.31. The summed E-state index contributed by atoms with van der Waals surface area (Å²) in [5.41, 5.74) is 1.58. The first-order chi connectivity index (χ1) is 15.5. The standard InChI is InChI=1S/C25H30N2O5/c1-3-30-25(29)15-20-16-32-24-14-18-4-5-22(12-19(18)13-23(20)24)31-11-8-26-21-6-9-27(10-7-21)17(2)28/h4-5,12-14,16,21,26H,3,6-11,15H2,1-2H3. The van der Waals surface area contributed by atoms with Gasteiger partial charge in [0.15, 0.2) is 0 Å². The summed E-state index contributed by atoms with van der Waals surface area (Å²) in [6, 6.07) is 10.4. The van der Waals surface area contributed by atoms with E-state index in [2.05, 4.69) is 5.32 Å². The van der Waals surface area contributed by atoms with E-state index < -0.39 is 0 Å². The predicted octanol–water partition coefficient (Wildman–Crippen LogP) is 3.67. The molecular weight excluding hydrogens is 408 g/mol. The van der Waals surface area contributed by atoms with Crippen LogP contribution < -0.4 is 10.1 Å². The van der Waals surface area contributed by atoms with Crippen LogP contribution in [-0.2, 0) is 20.7 Å². The Balaban J connectivity index is 1.35. The Hall–Kier alpha value is -3.06. The molecule has 2 aromatic carbocycles. The Kier molecular flexibility index (Phi) is 6.95. The highest BCUT2D eigenvalue weighted by molar-refractivity contribution is 5.98. The third-order valence-corrected chi connectivity index (χ3v) is 5.97. The van der Waals surface area contributed by atoms with E-state index in [9.17, 15) is 9.59 Å². The van der Waals surface area contributed by atoms with Crippen molar-refractivity contribution in [1.82, 2.24) is 10.2 Å². The number of benzene rings is 2. The molecule has 7 heteroatoms. The maximum absolute atomic E-state index is 11.9. The molecule has 1 aromatic heterocycles. The second-order valence-corrected chi connectivity index (χ2v) is 8.18. The second kappa shape index (κ2) is 10.0. The van der Waals surface area contributed by atoms with Crippen molar-refractivity contribution in [1.29, 1.82) is 0 Å². The number of hydrogen-bond acceptors (Lipinski definition) is 6. The number of nitrogens with one attached hydrogen (secondary N) is 1. The zero-order valence-electron chi connectivity index (χ0n) is 18.7. The molecule has 0 atom stereocenters. The Morgan fingerprint density at radius 3 is 2.72 bits per heavy atom. The second-order valence-electron chi connectivity index (χ2n) is 8.18. The highest BCUT2D eigenvalue weighted by atomic mass is 16.5. The Morgan fingerprint density at radius 2 is 1.97 bits per heavy atom. The van der Waals surface area contributed by atoms with Crippen molar-refractivity contribution in [2.45, 2.75) is 39.2 Å². The predicted molar refractivity (Wildman–Crippen MR) is 123 cm³/mol. The van der Waals surface area contributed by atoms with Gasteiger partial charge in [0.05, 0.1) is 19.3 Å². The average Bonchev–Trinajstić information content (AvgIpc) is 3.17. The van der Waals surface area contributed by atoms with Crippen molar-refractivity contribution in [2.75, 3.05) is 32.8 Å². The normalized spacial score (nSPS) is 14.8. The summed E-state index contributed by atoms with van der Waals surface area (Å²) in [4.78, 5) is 25.2. The molecule has 1 fully saturated rings. The van der Waals surface area contributed by atoms with E-state index in [-0.39, 0.29) is 18.3 Å². The number of ether oxygens (including phenoxy) is 2. The Morgan fingerprint density at radius 1 is 1.16 bits per heavy atom. The number of carbonyl (C=O) groups is 2. The summed E-state index contributed by atoms with van der Waals surface area (Å²) in [5.74, 6) is 0.705. The third kappa shape index (κ3) is 5.22. The van der Waals surface area contributed by atoms with Gasteiger partial charge in [0.1, 0.15) is 17.9 Å². The summed E-state index contributed by atoms with van der Waals surface area (Å²) >= 11 is 0. The van der Waals surface area contributed by atoms with Crippen LogP contribution >= 0.6 is 0 Å². The molecule has 0 aliphatic carbocycles. The van der Waals surface area contributed by atoms with Gasteiger partial charge in [0.25, 0.3) is 0 Å². The molecule has 3 aromatic rings. The molecule has 7 nitrogen and oxygen atoms in total. The average molecular weight is 439 g/mol. The lowest BCUT2D eigenvalue weighted by molar-refractivity contribution is -0.142. The maximum atomic E-state index is 11.9. The molecule has 0 unspecified atom stereocenters. The van der Waals surface area contributed by atoms with Crippen LogP contribution in [0.25, 0.3) is 21.7 Å². The van der Waals surface area contributed by atoms with Crippen molar-refractivity contribution < 1.29 is 23.5 Å². The minimum atomic E-state index is -0.258. The Bertz CT molecular complexity index is 1100. The fourth-order valence-electron chi connectivity index (χ4n) is 4.23. The molecule has 1 N–H and O–H groups in total. The molecule has 4 rings (SSSR count). The van der Waals surface area contributed by atoms with Crippen LogP contribution in [0.2, 0.25) is 0 Å². The van der Waals surface area contributed by atoms with E-state index >= 15 is 0 Å². The van der Waals surface area contributed by atoms with E-state index in [0.29, 0.717) is 19.3 Å². The number of rotatable bonds is 8. The van der Waals surface area contributed by atoms with E-state index in [1.807, 2.05) is 35.2 Å². The number of nitrogens with zero attached hydrogens (tertiary/aromatic N) is 1. The number of piperidine rings is 1. The smallest absolute Gasteiger partial charge is 0.310 e. The molecule has 0 bridgehead atoms. The number of likely N-dealkylation sites (tertiary alicyclic amines) is 1. The number of furan rings is 1. The van der Waals surface area contributed by atoms with Crippen molar-refractivity contribution in [3.63, 3.8) is 0 Å². The molecule has 0 radical (unpaired) electrons. The number of carbonyl (C=O) groups excluding carboxylic acids is 2. The molecule has 170 valence electrons. The van der Waals surface area contributed by atoms with Crippen LogP contribution in [0.15, 0.2) is 41.0 Å². The number of hydrogen-bond donors (Lipinski definition) is 1. The monoisotopic (exact) mass is 438 g/mol. The van der Waals surface area contributed by atoms with Gasteiger partial charge < -0.3 is 24.1 Å². The van der Waals surface area contributed by atoms with Gasteiger partial charge in [-0.15, -0.1) is 0 Å². The van der Waals surface area contributed by atoms with Crippen LogP contribution in [0.4, 0.5) is 0 Å². The summed E-state index contributed by atoms with van der Waals surface area (Å²) in [5, 5.41) is 6.53. The van der Waals surface area contributed by atoms with Gasteiger partial charge in [0.2, 0.25) is 5.91 Å². The summed E-state index contributed by atoms with van der Waals surface area (Å²) in [6.07, 6.45) is 3.78. The van der Waals surface area contributed by atoms with Gasteiger partial charge in [-0.1, -0.05) is 6.07 Å². The molecule has 0 spiro atoms. The minimum absolute atomic E-state index is 0.156. The summed E-state index contributed by atoms with van der Waals surface area (Å²) < 4.78 is 16.7. The summed E-state index contributed by atoms with van der Waals surface area (Å²) in [7, 11) is 0. The van der Waals surface area contributed by atoms with Gasteiger partial charge in [-0.05, 0) is 54.8 Å². The van der Waals surface area contributed by atoms with Crippen LogP contribution in [0.5, 0.6) is 5.75 Å². The van der Waals surface area contributed by atoms with Gasteiger partial charge >= 0.3 is 5.97 Å². The largest absolute Gasteiger partial charge is 0.492 e. The SMILES string of the molecule is CCOC(=O)Cc1coc2cc3ccc(OCCNC4CCN(C(C)=O)CC4)cc3cc12. The van der Waals surface area contributed by atoms with E-state index in [1.54, 1.807) is 20.1 Å². The van der Waals surface area contributed by atoms with E-state index in [0.717, 1.165) is 65.5 Å². The van der Waals surface area contributed by atoms with E-state index in [4.69, 9.17) is 13.9 Å². The van der Waals surface area contributed by atoms with Crippen molar-refractivity contribution in [3.05, 3.63) is 42.2 Å². The maximum Gasteiger partial charge on any atom is 0.310 e. The van der Waals surface area contributed by atoms with Crippen molar-refractivity contribution >= 4 is 33.6 Å². The minimum Gasteiger partial charge on any atom is -0.492 e.